The van der Waals surface area contributed by atoms with E-state index in [1.807, 2.05) is 12.1 Å². The standard InChI is InChI=1S/C10H11F3IN.ClH/c11-10(12,13)5-4-9(15)7-2-1-3-8(14)6-7;/h1-3,6,9H,4-5,15H2;1H/t9-;/m1./s1. The maximum atomic E-state index is 12.0. The summed E-state index contributed by atoms with van der Waals surface area (Å²) in [6, 6.07) is 6.69. The number of rotatable bonds is 3. The van der Waals surface area contributed by atoms with Crippen molar-refractivity contribution in [2.75, 3.05) is 0 Å². The van der Waals surface area contributed by atoms with Crippen LogP contribution in [-0.2, 0) is 0 Å². The van der Waals surface area contributed by atoms with E-state index in [-0.39, 0.29) is 18.8 Å². The largest absolute Gasteiger partial charge is 0.389 e. The van der Waals surface area contributed by atoms with Gasteiger partial charge in [-0.15, -0.1) is 12.4 Å². The van der Waals surface area contributed by atoms with Gasteiger partial charge in [-0.1, -0.05) is 12.1 Å². The van der Waals surface area contributed by atoms with Crippen LogP contribution in [0.5, 0.6) is 0 Å². The first-order chi connectivity index (χ1) is 6.88. The molecule has 0 unspecified atom stereocenters. The van der Waals surface area contributed by atoms with Gasteiger partial charge in [0.25, 0.3) is 0 Å². The Balaban J connectivity index is 0.00000225. The smallest absolute Gasteiger partial charge is 0.324 e. The molecule has 0 fully saturated rings. The summed E-state index contributed by atoms with van der Waals surface area (Å²) in [5, 5.41) is 0. The van der Waals surface area contributed by atoms with Crippen LogP contribution in [0.25, 0.3) is 0 Å². The molecule has 0 aliphatic rings. The van der Waals surface area contributed by atoms with Gasteiger partial charge in [-0.25, -0.2) is 0 Å². The summed E-state index contributed by atoms with van der Waals surface area (Å²) in [5.74, 6) is 0. The van der Waals surface area contributed by atoms with Crippen LogP contribution < -0.4 is 5.73 Å². The Labute approximate surface area is 112 Å². The third-order valence-electron chi connectivity index (χ3n) is 2.02. The van der Waals surface area contributed by atoms with Gasteiger partial charge in [0.1, 0.15) is 0 Å². The number of alkyl halides is 3. The number of halogens is 5. The second kappa shape index (κ2) is 6.66. The van der Waals surface area contributed by atoms with E-state index >= 15 is 0 Å². The van der Waals surface area contributed by atoms with Crippen LogP contribution in [0.4, 0.5) is 13.2 Å². The molecule has 0 saturated carbocycles. The van der Waals surface area contributed by atoms with Gasteiger partial charge in [0.2, 0.25) is 0 Å². The van der Waals surface area contributed by atoms with Crippen molar-refractivity contribution in [3.05, 3.63) is 33.4 Å². The summed E-state index contributed by atoms with van der Waals surface area (Å²) in [6.45, 7) is 0. The lowest BCUT2D eigenvalue weighted by atomic mass is 10.0. The Morgan fingerprint density at radius 2 is 1.94 bits per heavy atom. The van der Waals surface area contributed by atoms with Gasteiger partial charge in [0, 0.05) is 16.0 Å². The first kappa shape index (κ1) is 16.0. The Morgan fingerprint density at radius 3 is 2.44 bits per heavy atom. The maximum absolute atomic E-state index is 12.0. The van der Waals surface area contributed by atoms with E-state index in [9.17, 15) is 13.2 Å². The molecule has 0 saturated heterocycles. The molecule has 16 heavy (non-hydrogen) atoms. The lowest BCUT2D eigenvalue weighted by Crippen LogP contribution is -2.15. The molecule has 0 bridgehead atoms. The quantitative estimate of drug-likeness (QED) is 0.804. The summed E-state index contributed by atoms with van der Waals surface area (Å²) < 4.78 is 36.8. The molecule has 2 N–H and O–H groups in total. The molecule has 0 aliphatic carbocycles. The van der Waals surface area contributed by atoms with E-state index in [0.717, 1.165) is 9.13 Å². The van der Waals surface area contributed by atoms with Crippen LogP contribution >= 0.6 is 35.0 Å². The Bertz CT molecular complexity index is 330. The molecule has 0 radical (unpaired) electrons. The zero-order valence-corrected chi connectivity index (χ0v) is 11.3. The molecular formula is C10H12ClF3IN. The van der Waals surface area contributed by atoms with Crippen molar-refractivity contribution in [1.29, 1.82) is 0 Å². The third kappa shape index (κ3) is 5.91. The SMILES string of the molecule is Cl.N[C@H](CCC(F)(F)F)c1cccc(I)c1. The van der Waals surface area contributed by atoms with Gasteiger partial charge in [-0.05, 0) is 46.7 Å². The van der Waals surface area contributed by atoms with Crippen molar-refractivity contribution in [2.24, 2.45) is 5.73 Å². The summed E-state index contributed by atoms with van der Waals surface area (Å²) in [7, 11) is 0. The summed E-state index contributed by atoms with van der Waals surface area (Å²) in [4.78, 5) is 0. The highest BCUT2D eigenvalue weighted by atomic mass is 127. The molecule has 1 aromatic rings. The molecule has 0 aliphatic heterocycles. The van der Waals surface area contributed by atoms with E-state index in [1.165, 1.54) is 0 Å². The van der Waals surface area contributed by atoms with Gasteiger partial charge in [-0.2, -0.15) is 13.2 Å². The fraction of sp³-hybridized carbons (Fsp3) is 0.400. The number of hydrogen-bond donors (Lipinski definition) is 1. The predicted molar refractivity (Wildman–Crippen MR) is 68.6 cm³/mol. The minimum atomic E-state index is -4.13. The van der Waals surface area contributed by atoms with Gasteiger partial charge in [0.15, 0.2) is 0 Å². The van der Waals surface area contributed by atoms with Crippen molar-refractivity contribution < 1.29 is 13.2 Å². The van der Waals surface area contributed by atoms with Crippen LogP contribution in [0.2, 0.25) is 0 Å². The monoisotopic (exact) mass is 365 g/mol. The van der Waals surface area contributed by atoms with Crippen LogP contribution in [0, 0.1) is 3.57 Å². The molecular weight excluding hydrogens is 353 g/mol. The number of benzene rings is 1. The Kier molecular flexibility index (Phi) is 6.65. The van der Waals surface area contributed by atoms with E-state index < -0.39 is 18.6 Å². The average molecular weight is 366 g/mol. The van der Waals surface area contributed by atoms with Crippen LogP contribution in [0.3, 0.4) is 0 Å². The van der Waals surface area contributed by atoms with Crippen molar-refractivity contribution >= 4 is 35.0 Å². The number of hydrogen-bond acceptors (Lipinski definition) is 1. The van der Waals surface area contributed by atoms with Gasteiger partial charge in [0.05, 0.1) is 0 Å². The lowest BCUT2D eigenvalue weighted by molar-refractivity contribution is -0.136. The van der Waals surface area contributed by atoms with Gasteiger partial charge in [-0.3, -0.25) is 0 Å². The van der Waals surface area contributed by atoms with Crippen LogP contribution in [0.1, 0.15) is 24.4 Å². The molecule has 0 aromatic heterocycles. The molecule has 1 atom stereocenters. The van der Waals surface area contributed by atoms with Crippen molar-refractivity contribution in [1.82, 2.24) is 0 Å². The zero-order chi connectivity index (χ0) is 11.5. The predicted octanol–water partition coefficient (Wildman–Crippen LogP) is 4.06. The lowest BCUT2D eigenvalue weighted by Gasteiger charge is -2.13. The van der Waals surface area contributed by atoms with Crippen LogP contribution in [-0.4, -0.2) is 6.18 Å². The fourth-order valence-electron chi connectivity index (χ4n) is 1.22. The highest BCUT2D eigenvalue weighted by molar-refractivity contribution is 14.1. The summed E-state index contributed by atoms with van der Waals surface area (Å²) in [6.07, 6.45) is -5.03. The second-order valence-corrected chi connectivity index (χ2v) is 4.56. The van der Waals surface area contributed by atoms with Crippen molar-refractivity contribution in [3.8, 4) is 0 Å². The minimum absolute atomic E-state index is 0. The van der Waals surface area contributed by atoms with Crippen molar-refractivity contribution in [2.45, 2.75) is 25.1 Å². The third-order valence-corrected chi connectivity index (χ3v) is 2.69. The van der Waals surface area contributed by atoms with E-state index in [0.29, 0.717) is 0 Å². The topological polar surface area (TPSA) is 26.0 Å². The first-order valence-electron chi connectivity index (χ1n) is 4.46. The first-order valence-corrected chi connectivity index (χ1v) is 5.54. The van der Waals surface area contributed by atoms with E-state index in [4.69, 9.17) is 5.73 Å². The molecule has 1 nitrogen and oxygen atoms in total. The van der Waals surface area contributed by atoms with E-state index in [1.54, 1.807) is 12.1 Å². The normalized spacial score (nSPS) is 13.1. The Hall–Kier alpha value is -0.0100. The average Bonchev–Trinajstić information content (AvgIpc) is 2.13. The summed E-state index contributed by atoms with van der Waals surface area (Å²) >= 11 is 2.11. The van der Waals surface area contributed by atoms with Crippen LogP contribution in [0.15, 0.2) is 24.3 Å². The zero-order valence-electron chi connectivity index (χ0n) is 8.30. The Morgan fingerprint density at radius 1 is 1.31 bits per heavy atom. The molecule has 1 rings (SSSR count). The molecule has 92 valence electrons. The molecule has 1 aromatic carbocycles. The molecule has 0 amide bonds. The fourth-order valence-corrected chi connectivity index (χ4v) is 1.79. The minimum Gasteiger partial charge on any atom is -0.324 e. The van der Waals surface area contributed by atoms with E-state index in [2.05, 4.69) is 22.6 Å². The van der Waals surface area contributed by atoms with Crippen molar-refractivity contribution in [3.63, 3.8) is 0 Å². The van der Waals surface area contributed by atoms with Gasteiger partial charge < -0.3 is 5.73 Å². The second-order valence-electron chi connectivity index (χ2n) is 3.32. The summed E-state index contributed by atoms with van der Waals surface area (Å²) in [5.41, 5.74) is 6.42. The molecule has 6 heteroatoms. The highest BCUT2D eigenvalue weighted by Crippen LogP contribution is 2.26. The highest BCUT2D eigenvalue weighted by Gasteiger charge is 2.27. The van der Waals surface area contributed by atoms with Gasteiger partial charge >= 0.3 is 6.18 Å². The molecule has 0 heterocycles. The maximum Gasteiger partial charge on any atom is 0.389 e. The number of nitrogens with two attached hydrogens (primary N) is 1. The molecule has 0 spiro atoms.